The molecule has 0 atom stereocenters. The highest BCUT2D eigenvalue weighted by Gasteiger charge is 2.28. The molecular formula is C35H41ClF3N7O5. The number of nitrogens with zero attached hydrogens (tertiary/aromatic N) is 4. The highest BCUT2D eigenvalue weighted by molar-refractivity contribution is 6.32. The van der Waals surface area contributed by atoms with E-state index in [4.69, 9.17) is 25.9 Å². The third-order valence-corrected chi connectivity index (χ3v) is 7.34. The van der Waals surface area contributed by atoms with E-state index in [1.165, 1.54) is 12.3 Å². The monoisotopic (exact) mass is 731 g/mol. The van der Waals surface area contributed by atoms with Crippen LogP contribution in [0.4, 0.5) is 18.9 Å². The predicted molar refractivity (Wildman–Crippen MR) is 192 cm³/mol. The molecule has 0 fully saturated rings. The molecule has 0 unspecified atom stereocenters. The number of carbonyl (C=O) groups is 2. The molecule has 2 aromatic carbocycles. The van der Waals surface area contributed by atoms with Gasteiger partial charge >= 0.3 is 6.18 Å². The molecule has 274 valence electrons. The Morgan fingerprint density at radius 3 is 2.59 bits per heavy atom. The first kappa shape index (κ1) is 40.3. The summed E-state index contributed by atoms with van der Waals surface area (Å²) in [6.07, 6.45) is 0.502. The number of aliphatic hydroxyl groups excluding tert-OH is 1. The summed E-state index contributed by atoms with van der Waals surface area (Å²) in [5, 5.41) is 15.3. The number of rotatable bonds is 3. The number of nitrogens with one attached hydrogen (secondary N) is 3. The first-order valence-corrected chi connectivity index (χ1v) is 16.1. The van der Waals surface area contributed by atoms with E-state index in [2.05, 4.69) is 37.6 Å². The van der Waals surface area contributed by atoms with Gasteiger partial charge in [-0.1, -0.05) is 31.5 Å². The van der Waals surface area contributed by atoms with Crippen molar-refractivity contribution < 1.29 is 37.0 Å². The van der Waals surface area contributed by atoms with Gasteiger partial charge in [0.1, 0.15) is 18.1 Å². The van der Waals surface area contributed by atoms with Gasteiger partial charge in [-0.3, -0.25) is 9.59 Å². The second kappa shape index (κ2) is 19.3. The van der Waals surface area contributed by atoms with Crippen molar-refractivity contribution in [2.24, 2.45) is 20.4 Å². The van der Waals surface area contributed by atoms with Crippen molar-refractivity contribution in [1.82, 2.24) is 15.5 Å². The number of alkyl halides is 3. The second-order valence-corrected chi connectivity index (χ2v) is 12.2. The fourth-order valence-corrected chi connectivity index (χ4v) is 4.87. The Labute approximate surface area is 299 Å². The summed E-state index contributed by atoms with van der Waals surface area (Å²) < 4.78 is 50.3. The largest absolute Gasteiger partial charge is 0.492 e. The molecule has 51 heavy (non-hydrogen) atoms. The molecule has 4 aliphatic rings. The minimum atomic E-state index is -4.53. The fourth-order valence-electron chi connectivity index (χ4n) is 4.62. The molecule has 1 aromatic heterocycles. The Bertz CT molecular complexity index is 1690. The van der Waals surface area contributed by atoms with Crippen molar-refractivity contribution in [2.75, 3.05) is 45.2 Å². The van der Waals surface area contributed by atoms with Crippen molar-refractivity contribution >= 4 is 53.8 Å². The van der Waals surface area contributed by atoms with E-state index in [1.54, 1.807) is 65.6 Å². The number of carbonyl (C=O) groups excluding carboxylic acids is 2. The Hall–Kier alpha value is -5.15. The van der Waals surface area contributed by atoms with Crippen LogP contribution in [0.3, 0.4) is 0 Å². The van der Waals surface area contributed by atoms with Crippen LogP contribution < -0.4 is 20.7 Å². The van der Waals surface area contributed by atoms with Gasteiger partial charge in [0.2, 0.25) is 17.8 Å². The molecule has 16 heteroatoms. The van der Waals surface area contributed by atoms with Crippen LogP contribution in [-0.2, 0) is 11.3 Å². The molecule has 5 heterocycles. The van der Waals surface area contributed by atoms with Crippen LogP contribution >= 0.6 is 11.6 Å². The van der Waals surface area contributed by atoms with Gasteiger partial charge in [0.25, 0.3) is 5.91 Å². The van der Waals surface area contributed by atoms with E-state index in [0.717, 1.165) is 7.11 Å². The minimum absolute atomic E-state index is 0.0592. The van der Waals surface area contributed by atoms with E-state index in [0.29, 0.717) is 47.8 Å². The number of hydrogen-bond acceptors (Lipinski definition) is 10. The summed E-state index contributed by atoms with van der Waals surface area (Å²) in [6, 6.07) is 14.7. The highest BCUT2D eigenvalue weighted by atomic mass is 35.5. The van der Waals surface area contributed by atoms with Crippen LogP contribution in [-0.4, -0.2) is 86.5 Å². The maximum atomic E-state index is 13.3. The molecule has 12 nitrogen and oxygen atoms in total. The van der Waals surface area contributed by atoms with Crippen LogP contribution in [0.1, 0.15) is 41.9 Å². The number of furan rings is 1. The standard InChI is InChI=1S/C34H37ClF3N7O4.CH4O/c1-33(2)20-41-30(47)24-8-10-25(11-9-24)43-31(39-3)44-32(42-21-34(36,37)38)40-19-23-7-13-28(27(35)18-23)49-17-5-15-45(22-33)29(46)14-12-26-6-4-16-48-26;1-2/h4,6-14,16,18H,3,5,15,17,19-22H2,1-2H3,(H,41,47)(H2,40,42,43,44);2H,1H3/b14-12+;. The van der Waals surface area contributed by atoms with Gasteiger partial charge in [0, 0.05) is 44.1 Å². The van der Waals surface area contributed by atoms with Crippen molar-refractivity contribution in [1.29, 1.82) is 0 Å². The second-order valence-electron chi connectivity index (χ2n) is 11.8. The van der Waals surface area contributed by atoms with Crippen LogP contribution in [0.25, 0.3) is 6.08 Å². The lowest BCUT2D eigenvalue weighted by molar-refractivity contribution is -0.127. The Morgan fingerprint density at radius 1 is 1.20 bits per heavy atom. The zero-order valence-electron chi connectivity index (χ0n) is 28.5. The molecule has 3 aromatic rings. The van der Waals surface area contributed by atoms with Crippen LogP contribution in [0.15, 0.2) is 86.3 Å². The Morgan fingerprint density at radius 2 is 1.94 bits per heavy atom. The number of ether oxygens (including phenoxy) is 1. The molecule has 0 spiro atoms. The molecule has 7 rings (SSSR count). The normalized spacial score (nSPS) is 17.0. The fraction of sp³-hybridized carbons (Fsp3) is 0.343. The lowest BCUT2D eigenvalue weighted by Crippen LogP contribution is -2.44. The number of benzene rings is 2. The topological polar surface area (TPSA) is 153 Å². The van der Waals surface area contributed by atoms with Crippen molar-refractivity contribution in [2.45, 2.75) is 33.0 Å². The quantitative estimate of drug-likeness (QED) is 0.196. The average Bonchev–Trinajstić information content (AvgIpc) is 3.63. The minimum Gasteiger partial charge on any atom is -0.492 e. The predicted octanol–water partition coefficient (Wildman–Crippen LogP) is 5.80. The molecule has 4 bridgehead atoms. The van der Waals surface area contributed by atoms with Crippen LogP contribution in [0, 0.1) is 5.41 Å². The van der Waals surface area contributed by atoms with Gasteiger partial charge in [-0.2, -0.15) is 18.2 Å². The van der Waals surface area contributed by atoms with Gasteiger partial charge in [0.15, 0.2) is 0 Å². The van der Waals surface area contributed by atoms with E-state index in [1.807, 2.05) is 13.8 Å². The highest BCUT2D eigenvalue weighted by Crippen LogP contribution is 2.26. The van der Waals surface area contributed by atoms with E-state index in [-0.39, 0.29) is 48.5 Å². The maximum absolute atomic E-state index is 13.3. The summed E-state index contributed by atoms with van der Waals surface area (Å²) >= 11 is 6.47. The molecule has 4 N–H and O–H groups in total. The smallest absolute Gasteiger partial charge is 0.405 e. The number of hydrogen-bond donors (Lipinski definition) is 4. The third kappa shape index (κ3) is 13.9. The van der Waals surface area contributed by atoms with Crippen LogP contribution in [0.2, 0.25) is 5.02 Å². The first-order valence-electron chi connectivity index (χ1n) is 15.7. The molecule has 0 aliphatic carbocycles. The number of amides is 2. The van der Waals surface area contributed by atoms with Gasteiger partial charge < -0.3 is 35.1 Å². The number of aliphatic hydroxyl groups is 1. The van der Waals surface area contributed by atoms with Gasteiger partial charge in [-0.15, -0.1) is 0 Å². The number of halogens is 4. The molecule has 0 saturated heterocycles. The number of anilines is 1. The van der Waals surface area contributed by atoms with E-state index >= 15 is 0 Å². The molecule has 0 saturated carbocycles. The van der Waals surface area contributed by atoms with Crippen molar-refractivity contribution in [3.63, 3.8) is 0 Å². The lowest BCUT2D eigenvalue weighted by Gasteiger charge is -2.32. The molecule has 2 amide bonds. The maximum Gasteiger partial charge on any atom is 0.405 e. The van der Waals surface area contributed by atoms with Gasteiger partial charge in [0.05, 0.1) is 24.4 Å². The van der Waals surface area contributed by atoms with Crippen molar-refractivity contribution in [3.05, 3.63) is 88.8 Å². The summed E-state index contributed by atoms with van der Waals surface area (Å²) in [5.74, 6) is -0.0934. The summed E-state index contributed by atoms with van der Waals surface area (Å²) in [7, 11) is 1.00. The number of aliphatic imine (C=N–C) groups is 3. The average molecular weight is 732 g/mol. The third-order valence-electron chi connectivity index (χ3n) is 7.04. The Balaban J connectivity index is 0.00000345. The molecular weight excluding hydrogens is 691 g/mol. The first-order chi connectivity index (χ1) is 24.3. The lowest BCUT2D eigenvalue weighted by atomic mass is 9.92. The zero-order valence-corrected chi connectivity index (χ0v) is 29.2. The van der Waals surface area contributed by atoms with E-state index in [9.17, 15) is 22.8 Å². The number of guanidine groups is 2. The summed E-state index contributed by atoms with van der Waals surface area (Å²) in [4.78, 5) is 40.1. The molecule has 4 aliphatic heterocycles. The van der Waals surface area contributed by atoms with Gasteiger partial charge in [-0.05, 0) is 78.7 Å². The molecule has 0 radical (unpaired) electrons. The summed E-state index contributed by atoms with van der Waals surface area (Å²) in [5.41, 5.74) is 0.891. The zero-order chi connectivity index (χ0) is 37.4. The van der Waals surface area contributed by atoms with Crippen LogP contribution in [0.5, 0.6) is 5.75 Å². The Kier molecular flexibility index (Phi) is 15.2. The summed E-state index contributed by atoms with van der Waals surface area (Å²) in [6.45, 7) is 7.10. The van der Waals surface area contributed by atoms with Crippen molar-refractivity contribution in [3.8, 4) is 5.75 Å². The van der Waals surface area contributed by atoms with E-state index < -0.39 is 18.1 Å². The van der Waals surface area contributed by atoms with Gasteiger partial charge in [-0.25, -0.2) is 9.98 Å². The SMILES string of the molecule is C=N/C1=N\C(NCC(F)(F)F)=NCc2ccc(c(Cl)c2)OCCCN(C(=O)/C=C/c2ccco2)CC(C)(C)CNC(=O)c2ccc(cc2)N1.CO.